The molecule has 1 aliphatic heterocycles. The summed E-state index contributed by atoms with van der Waals surface area (Å²) in [5.41, 5.74) is 1.93. The predicted molar refractivity (Wildman–Crippen MR) is 114 cm³/mol. The van der Waals surface area contributed by atoms with E-state index in [0.29, 0.717) is 22.4 Å². The van der Waals surface area contributed by atoms with Crippen molar-refractivity contribution in [2.45, 2.75) is 38.7 Å². The molecule has 3 heterocycles. The molecule has 1 saturated heterocycles. The van der Waals surface area contributed by atoms with E-state index in [1.165, 1.54) is 28.7 Å². The van der Waals surface area contributed by atoms with Crippen molar-refractivity contribution >= 4 is 44.5 Å². The molecule has 29 heavy (non-hydrogen) atoms. The van der Waals surface area contributed by atoms with Gasteiger partial charge in [0.05, 0.1) is 34.5 Å². The van der Waals surface area contributed by atoms with Crippen LogP contribution < -0.4 is 10.6 Å². The van der Waals surface area contributed by atoms with Crippen molar-refractivity contribution in [2.24, 2.45) is 0 Å². The molecule has 0 radical (unpaired) electrons. The largest absolute Gasteiger partial charge is 0.378 e. The molecule has 0 spiro atoms. The maximum atomic E-state index is 13.8. The van der Waals surface area contributed by atoms with Gasteiger partial charge in [0.15, 0.2) is 10.3 Å². The van der Waals surface area contributed by atoms with Crippen LogP contribution in [-0.4, -0.2) is 28.6 Å². The summed E-state index contributed by atoms with van der Waals surface area (Å²) in [7, 11) is 0. The molecule has 0 bridgehead atoms. The van der Waals surface area contributed by atoms with Gasteiger partial charge in [-0.1, -0.05) is 23.5 Å². The van der Waals surface area contributed by atoms with Gasteiger partial charge in [0.25, 0.3) is 0 Å². The third kappa shape index (κ3) is 4.98. The van der Waals surface area contributed by atoms with Crippen molar-refractivity contribution in [3.8, 4) is 10.6 Å². The monoisotopic (exact) mass is 432 g/mol. The highest BCUT2D eigenvalue weighted by Gasteiger charge is 2.20. The molecular weight excluding hydrogens is 411 g/mol. The number of nitrogens with zero attached hydrogens (tertiary/aromatic N) is 2. The number of aromatic nitrogens is 2. The Morgan fingerprint density at radius 3 is 2.93 bits per heavy atom. The average Bonchev–Trinajstić information content (AvgIpc) is 3.30. The molecule has 1 unspecified atom stereocenters. The Morgan fingerprint density at radius 1 is 1.28 bits per heavy atom. The Balaban J connectivity index is 1.42. The van der Waals surface area contributed by atoms with Crippen molar-refractivity contribution in [1.29, 1.82) is 0 Å². The first-order valence-corrected chi connectivity index (χ1v) is 11.1. The molecule has 2 aromatic heterocycles. The molecule has 0 saturated carbocycles. The van der Waals surface area contributed by atoms with Crippen LogP contribution >= 0.6 is 22.7 Å². The Morgan fingerprint density at radius 2 is 2.14 bits per heavy atom. The molecule has 9 heteroatoms. The number of thiazole rings is 2. The van der Waals surface area contributed by atoms with E-state index in [4.69, 9.17) is 4.74 Å². The number of benzene rings is 1. The number of hydrogen-bond donors (Lipinski definition) is 2. The number of para-hydroxylation sites is 1. The minimum absolute atomic E-state index is 0.00478. The maximum absolute atomic E-state index is 13.8. The van der Waals surface area contributed by atoms with Gasteiger partial charge >= 0.3 is 0 Å². The lowest BCUT2D eigenvalue weighted by atomic mass is 10.1. The van der Waals surface area contributed by atoms with E-state index in [-0.39, 0.29) is 17.8 Å². The van der Waals surface area contributed by atoms with E-state index >= 15 is 0 Å². The molecule has 2 N–H and O–H groups in total. The Bertz CT molecular complexity index is 998. The zero-order valence-electron chi connectivity index (χ0n) is 15.9. The fraction of sp³-hybridized carbons (Fsp3) is 0.350. The van der Waals surface area contributed by atoms with Gasteiger partial charge in [0, 0.05) is 12.0 Å². The Hall–Kier alpha value is -2.36. The smallest absolute Gasteiger partial charge is 0.228 e. The number of halogens is 1. The molecule has 0 aliphatic carbocycles. The number of anilines is 3. The standard InChI is InChI=1S/C20H21FN4O2S2/c1-12-18(16-11-28-19(24-16)23-15-8-3-2-7-14(15)21)29-20(22-12)25-17(26)10-13-6-4-5-9-27-13/h2-3,7-8,11,13H,4-6,9-10H2,1H3,(H,23,24)(H,22,25,26). The molecule has 3 aromatic rings. The minimum Gasteiger partial charge on any atom is -0.378 e. The number of carbonyl (C=O) groups is 1. The number of aryl methyl sites for hydroxylation is 1. The van der Waals surface area contributed by atoms with Gasteiger partial charge < -0.3 is 15.4 Å². The summed E-state index contributed by atoms with van der Waals surface area (Å²) in [4.78, 5) is 22.2. The third-order valence-electron chi connectivity index (χ3n) is 4.58. The topological polar surface area (TPSA) is 76.1 Å². The molecule has 1 amide bonds. The van der Waals surface area contributed by atoms with E-state index in [2.05, 4.69) is 20.6 Å². The van der Waals surface area contributed by atoms with Crippen LogP contribution in [0.1, 0.15) is 31.4 Å². The fourth-order valence-corrected chi connectivity index (χ4v) is 4.88. The fourth-order valence-electron chi connectivity index (χ4n) is 3.15. The van der Waals surface area contributed by atoms with Gasteiger partial charge in [-0.3, -0.25) is 4.79 Å². The highest BCUT2D eigenvalue weighted by Crippen LogP contribution is 2.35. The van der Waals surface area contributed by atoms with Crippen LogP contribution in [-0.2, 0) is 9.53 Å². The zero-order valence-corrected chi connectivity index (χ0v) is 17.5. The quantitative estimate of drug-likeness (QED) is 0.549. The summed E-state index contributed by atoms with van der Waals surface area (Å²) < 4.78 is 19.4. The van der Waals surface area contributed by atoms with Crippen LogP contribution in [0.5, 0.6) is 0 Å². The molecule has 4 rings (SSSR count). The van der Waals surface area contributed by atoms with Crippen LogP contribution in [0.25, 0.3) is 10.6 Å². The molecule has 6 nitrogen and oxygen atoms in total. The summed E-state index contributed by atoms with van der Waals surface area (Å²) in [6, 6.07) is 6.47. The normalized spacial score (nSPS) is 16.6. The second-order valence-electron chi connectivity index (χ2n) is 6.82. The first-order chi connectivity index (χ1) is 14.1. The zero-order chi connectivity index (χ0) is 20.2. The molecule has 1 atom stereocenters. The highest BCUT2D eigenvalue weighted by atomic mass is 32.1. The van der Waals surface area contributed by atoms with E-state index in [0.717, 1.165) is 42.1 Å². The SMILES string of the molecule is Cc1nc(NC(=O)CC2CCCCO2)sc1-c1csc(Nc2ccccc2F)n1. The summed E-state index contributed by atoms with van der Waals surface area (Å²) in [6.45, 7) is 2.61. The lowest BCUT2D eigenvalue weighted by molar-refractivity contribution is -0.119. The van der Waals surface area contributed by atoms with Gasteiger partial charge in [0.2, 0.25) is 5.91 Å². The van der Waals surface area contributed by atoms with Crippen molar-refractivity contribution in [1.82, 2.24) is 9.97 Å². The summed E-state index contributed by atoms with van der Waals surface area (Å²) in [6.07, 6.45) is 3.43. The second kappa shape index (κ2) is 8.98. The van der Waals surface area contributed by atoms with Crippen LogP contribution in [0, 0.1) is 12.7 Å². The summed E-state index contributed by atoms with van der Waals surface area (Å²) in [5.74, 6) is -0.414. The summed E-state index contributed by atoms with van der Waals surface area (Å²) in [5, 5.41) is 8.91. The minimum atomic E-state index is -0.329. The first-order valence-electron chi connectivity index (χ1n) is 9.45. The van der Waals surface area contributed by atoms with Crippen molar-refractivity contribution in [3.05, 3.63) is 41.2 Å². The van der Waals surface area contributed by atoms with Gasteiger partial charge in [-0.15, -0.1) is 11.3 Å². The molecule has 1 fully saturated rings. The van der Waals surface area contributed by atoms with Crippen LogP contribution in [0.4, 0.5) is 20.3 Å². The van der Waals surface area contributed by atoms with E-state index in [9.17, 15) is 9.18 Å². The summed E-state index contributed by atoms with van der Waals surface area (Å²) >= 11 is 2.77. The van der Waals surface area contributed by atoms with E-state index in [1.54, 1.807) is 18.2 Å². The second-order valence-corrected chi connectivity index (χ2v) is 8.67. The van der Waals surface area contributed by atoms with Crippen molar-refractivity contribution in [2.75, 3.05) is 17.2 Å². The van der Waals surface area contributed by atoms with Crippen LogP contribution in [0.3, 0.4) is 0 Å². The lowest BCUT2D eigenvalue weighted by Crippen LogP contribution is -2.25. The van der Waals surface area contributed by atoms with Crippen LogP contribution in [0.2, 0.25) is 0 Å². The molecule has 1 aromatic carbocycles. The average molecular weight is 433 g/mol. The van der Waals surface area contributed by atoms with Gasteiger partial charge in [0.1, 0.15) is 5.82 Å². The first kappa shape index (κ1) is 19.9. The van der Waals surface area contributed by atoms with Crippen molar-refractivity contribution < 1.29 is 13.9 Å². The third-order valence-corrected chi connectivity index (χ3v) is 6.44. The van der Waals surface area contributed by atoms with Gasteiger partial charge in [-0.2, -0.15) is 0 Å². The Labute approximate surface area is 176 Å². The number of hydrogen-bond acceptors (Lipinski definition) is 7. The number of rotatable bonds is 6. The van der Waals surface area contributed by atoms with Crippen molar-refractivity contribution in [3.63, 3.8) is 0 Å². The highest BCUT2D eigenvalue weighted by molar-refractivity contribution is 7.20. The molecule has 1 aliphatic rings. The molecule has 152 valence electrons. The van der Waals surface area contributed by atoms with Gasteiger partial charge in [-0.05, 0) is 38.3 Å². The molecular formula is C20H21FN4O2S2. The lowest BCUT2D eigenvalue weighted by Gasteiger charge is -2.21. The van der Waals surface area contributed by atoms with E-state index < -0.39 is 0 Å². The van der Waals surface area contributed by atoms with Gasteiger partial charge in [-0.25, -0.2) is 14.4 Å². The number of amides is 1. The van der Waals surface area contributed by atoms with Crippen LogP contribution in [0.15, 0.2) is 29.6 Å². The number of nitrogens with one attached hydrogen (secondary N) is 2. The maximum Gasteiger partial charge on any atom is 0.228 e. The van der Waals surface area contributed by atoms with E-state index in [1.807, 2.05) is 12.3 Å². The number of carbonyl (C=O) groups excluding carboxylic acids is 1. The Kier molecular flexibility index (Phi) is 6.17. The number of ether oxygens (including phenoxy) is 1. The predicted octanol–water partition coefficient (Wildman–Crippen LogP) is 5.36.